The van der Waals surface area contributed by atoms with Crippen molar-refractivity contribution in [2.24, 2.45) is 0 Å². The van der Waals surface area contributed by atoms with E-state index in [1.54, 1.807) is 0 Å². The summed E-state index contributed by atoms with van der Waals surface area (Å²) in [7, 11) is 0. The van der Waals surface area contributed by atoms with E-state index < -0.39 is 0 Å². The SMILES string of the molecule is CCCCOCCCNc1cc(NCCC)nc(CC)n1. The molecular formula is C16H30N4O. The molecule has 0 spiro atoms. The van der Waals surface area contributed by atoms with Crippen LogP contribution in [0.25, 0.3) is 0 Å². The highest BCUT2D eigenvalue weighted by molar-refractivity contribution is 5.47. The van der Waals surface area contributed by atoms with Gasteiger partial charge >= 0.3 is 0 Å². The number of unbranched alkanes of at least 4 members (excludes halogenated alkanes) is 1. The van der Waals surface area contributed by atoms with Gasteiger partial charge in [-0.05, 0) is 19.3 Å². The van der Waals surface area contributed by atoms with Crippen molar-refractivity contribution < 1.29 is 4.74 Å². The van der Waals surface area contributed by atoms with Crippen molar-refractivity contribution in [3.8, 4) is 0 Å². The molecule has 1 heterocycles. The van der Waals surface area contributed by atoms with Crippen LogP contribution in [-0.4, -0.2) is 36.3 Å². The van der Waals surface area contributed by atoms with Crippen LogP contribution in [-0.2, 0) is 11.2 Å². The Morgan fingerprint density at radius 2 is 1.57 bits per heavy atom. The normalized spacial score (nSPS) is 10.6. The molecule has 0 saturated heterocycles. The minimum absolute atomic E-state index is 0.805. The molecule has 0 unspecified atom stereocenters. The fraction of sp³-hybridized carbons (Fsp3) is 0.750. The fourth-order valence-corrected chi connectivity index (χ4v) is 1.83. The van der Waals surface area contributed by atoms with Crippen molar-refractivity contribution in [3.63, 3.8) is 0 Å². The van der Waals surface area contributed by atoms with Gasteiger partial charge in [-0.25, -0.2) is 9.97 Å². The molecule has 5 heteroatoms. The number of aryl methyl sites for hydroxylation is 1. The maximum atomic E-state index is 5.55. The van der Waals surface area contributed by atoms with E-state index in [1.807, 2.05) is 6.07 Å². The number of aromatic nitrogens is 2. The van der Waals surface area contributed by atoms with Crippen molar-refractivity contribution in [1.29, 1.82) is 0 Å². The van der Waals surface area contributed by atoms with Crippen LogP contribution in [0.15, 0.2) is 6.07 Å². The third-order valence-electron chi connectivity index (χ3n) is 3.06. The van der Waals surface area contributed by atoms with Crippen LogP contribution in [0.5, 0.6) is 0 Å². The molecule has 1 aromatic rings. The van der Waals surface area contributed by atoms with Gasteiger partial charge in [-0.1, -0.05) is 27.2 Å². The second kappa shape index (κ2) is 11.3. The summed E-state index contributed by atoms with van der Waals surface area (Å²) >= 11 is 0. The standard InChI is InChI=1S/C16H30N4O/c1-4-7-11-21-12-8-10-18-16-13-15(17-9-5-2)19-14(6-3)20-16/h13H,4-12H2,1-3H3,(H2,17,18,19,20). The Morgan fingerprint density at radius 3 is 2.19 bits per heavy atom. The van der Waals surface area contributed by atoms with E-state index in [-0.39, 0.29) is 0 Å². The largest absolute Gasteiger partial charge is 0.381 e. The summed E-state index contributed by atoms with van der Waals surface area (Å²) in [5, 5.41) is 6.67. The molecule has 0 amide bonds. The highest BCUT2D eigenvalue weighted by Crippen LogP contribution is 2.12. The van der Waals surface area contributed by atoms with Gasteiger partial charge in [0.15, 0.2) is 0 Å². The van der Waals surface area contributed by atoms with Crippen molar-refractivity contribution >= 4 is 11.6 Å². The van der Waals surface area contributed by atoms with Gasteiger partial charge in [-0.15, -0.1) is 0 Å². The van der Waals surface area contributed by atoms with Gasteiger partial charge in [0.05, 0.1) is 0 Å². The first-order valence-corrected chi connectivity index (χ1v) is 8.23. The molecule has 0 saturated carbocycles. The Labute approximate surface area is 128 Å². The molecule has 21 heavy (non-hydrogen) atoms. The smallest absolute Gasteiger partial charge is 0.132 e. The van der Waals surface area contributed by atoms with E-state index in [9.17, 15) is 0 Å². The fourth-order valence-electron chi connectivity index (χ4n) is 1.83. The van der Waals surface area contributed by atoms with Crippen LogP contribution in [0.3, 0.4) is 0 Å². The number of anilines is 2. The Balaban J connectivity index is 2.35. The number of ether oxygens (including phenoxy) is 1. The number of rotatable bonds is 12. The maximum absolute atomic E-state index is 5.55. The molecule has 0 radical (unpaired) electrons. The highest BCUT2D eigenvalue weighted by Gasteiger charge is 2.02. The molecule has 2 N–H and O–H groups in total. The molecule has 0 fully saturated rings. The van der Waals surface area contributed by atoms with E-state index >= 15 is 0 Å². The lowest BCUT2D eigenvalue weighted by atomic mass is 10.3. The number of nitrogens with zero attached hydrogens (tertiary/aromatic N) is 2. The van der Waals surface area contributed by atoms with Gasteiger partial charge in [-0.3, -0.25) is 0 Å². The summed E-state index contributed by atoms with van der Waals surface area (Å²) in [6.07, 6.45) is 5.25. The van der Waals surface area contributed by atoms with Gasteiger partial charge in [0.25, 0.3) is 0 Å². The molecule has 1 rings (SSSR count). The van der Waals surface area contributed by atoms with Gasteiger partial charge in [0.1, 0.15) is 17.5 Å². The number of hydrogen-bond donors (Lipinski definition) is 2. The van der Waals surface area contributed by atoms with E-state index in [0.717, 1.165) is 69.4 Å². The summed E-state index contributed by atoms with van der Waals surface area (Å²) in [6.45, 7) is 9.88. The first kappa shape index (κ1) is 17.7. The lowest BCUT2D eigenvalue weighted by molar-refractivity contribution is 0.131. The van der Waals surface area contributed by atoms with E-state index in [4.69, 9.17) is 4.74 Å². The van der Waals surface area contributed by atoms with Gasteiger partial charge in [0, 0.05) is 38.8 Å². The first-order chi connectivity index (χ1) is 10.3. The number of hydrogen-bond acceptors (Lipinski definition) is 5. The summed E-state index contributed by atoms with van der Waals surface area (Å²) in [4.78, 5) is 8.98. The van der Waals surface area contributed by atoms with Crippen molar-refractivity contribution in [2.45, 2.75) is 52.9 Å². The Kier molecular flexibility index (Phi) is 9.53. The second-order valence-corrected chi connectivity index (χ2v) is 5.08. The van der Waals surface area contributed by atoms with Crippen LogP contribution in [0, 0.1) is 0 Å². The maximum Gasteiger partial charge on any atom is 0.132 e. The molecular weight excluding hydrogens is 264 g/mol. The first-order valence-electron chi connectivity index (χ1n) is 8.23. The monoisotopic (exact) mass is 294 g/mol. The topological polar surface area (TPSA) is 59.1 Å². The minimum Gasteiger partial charge on any atom is -0.381 e. The van der Waals surface area contributed by atoms with Gasteiger partial charge < -0.3 is 15.4 Å². The average molecular weight is 294 g/mol. The van der Waals surface area contributed by atoms with Crippen LogP contribution in [0.2, 0.25) is 0 Å². The quantitative estimate of drug-likeness (QED) is 0.578. The molecule has 0 aliphatic carbocycles. The zero-order valence-corrected chi connectivity index (χ0v) is 13.7. The summed E-state index contributed by atoms with van der Waals surface area (Å²) in [5.41, 5.74) is 0. The Hall–Kier alpha value is -1.36. The highest BCUT2D eigenvalue weighted by atomic mass is 16.5. The summed E-state index contributed by atoms with van der Waals surface area (Å²) in [5.74, 6) is 2.68. The van der Waals surface area contributed by atoms with Crippen molar-refractivity contribution in [1.82, 2.24) is 9.97 Å². The summed E-state index contributed by atoms with van der Waals surface area (Å²) < 4.78 is 5.55. The Bertz CT molecular complexity index is 385. The minimum atomic E-state index is 0.805. The van der Waals surface area contributed by atoms with Crippen LogP contribution < -0.4 is 10.6 Å². The van der Waals surface area contributed by atoms with E-state index in [2.05, 4.69) is 41.4 Å². The van der Waals surface area contributed by atoms with E-state index in [1.165, 1.54) is 6.42 Å². The van der Waals surface area contributed by atoms with Crippen molar-refractivity contribution in [3.05, 3.63) is 11.9 Å². The van der Waals surface area contributed by atoms with Crippen LogP contribution in [0.4, 0.5) is 11.6 Å². The lowest BCUT2D eigenvalue weighted by Crippen LogP contribution is -2.11. The van der Waals surface area contributed by atoms with Crippen LogP contribution >= 0.6 is 0 Å². The molecule has 5 nitrogen and oxygen atoms in total. The molecule has 0 aliphatic heterocycles. The lowest BCUT2D eigenvalue weighted by Gasteiger charge is -2.10. The summed E-state index contributed by atoms with van der Waals surface area (Å²) in [6, 6.07) is 1.98. The number of nitrogens with one attached hydrogen (secondary N) is 2. The third-order valence-corrected chi connectivity index (χ3v) is 3.06. The molecule has 0 aromatic carbocycles. The predicted molar refractivity (Wildman–Crippen MR) is 89.0 cm³/mol. The molecule has 1 aromatic heterocycles. The predicted octanol–water partition coefficient (Wildman–Crippen LogP) is 3.48. The zero-order chi connectivity index (χ0) is 15.3. The zero-order valence-electron chi connectivity index (χ0n) is 13.7. The molecule has 0 bridgehead atoms. The van der Waals surface area contributed by atoms with Gasteiger partial charge in [-0.2, -0.15) is 0 Å². The van der Waals surface area contributed by atoms with Crippen molar-refractivity contribution in [2.75, 3.05) is 36.9 Å². The molecule has 120 valence electrons. The van der Waals surface area contributed by atoms with Crippen LogP contribution in [0.1, 0.15) is 52.3 Å². The Morgan fingerprint density at radius 1 is 0.905 bits per heavy atom. The average Bonchev–Trinajstić information content (AvgIpc) is 2.51. The second-order valence-electron chi connectivity index (χ2n) is 5.08. The van der Waals surface area contributed by atoms with E-state index in [0.29, 0.717) is 0 Å². The van der Waals surface area contributed by atoms with Gasteiger partial charge in [0.2, 0.25) is 0 Å². The molecule has 0 aliphatic rings. The third kappa shape index (κ3) is 7.85. The molecule has 0 atom stereocenters.